The maximum absolute atomic E-state index is 12.5. The van der Waals surface area contributed by atoms with Crippen molar-refractivity contribution in [2.75, 3.05) is 0 Å². The lowest BCUT2D eigenvalue weighted by molar-refractivity contribution is -0.259. The molecule has 0 saturated carbocycles. The average molecular weight is 784 g/mol. The summed E-state index contributed by atoms with van der Waals surface area (Å²) in [5, 5.41) is 20.7. The lowest BCUT2D eigenvalue weighted by atomic mass is 9.80. The molecule has 0 aliphatic carbocycles. The number of carbonyl (C=O) groups excluding carboxylic acids is 3. The highest BCUT2D eigenvalue weighted by Gasteiger charge is 2.46. The van der Waals surface area contributed by atoms with Crippen LogP contribution in [0.1, 0.15) is 147 Å². The van der Waals surface area contributed by atoms with E-state index in [1.165, 1.54) is 12.0 Å². The normalized spacial score (nSPS) is 18.4. The molecule has 308 valence electrons. The summed E-state index contributed by atoms with van der Waals surface area (Å²) in [4.78, 5) is 45.5. The van der Waals surface area contributed by atoms with Gasteiger partial charge in [0.05, 0.1) is 12.2 Å². The van der Waals surface area contributed by atoms with Crippen molar-refractivity contribution in [2.45, 2.75) is 213 Å². The molecular weight excluding hydrogens is 707 g/mol. The number of carboxylic acids is 1. The van der Waals surface area contributed by atoms with Crippen LogP contribution in [0, 0.1) is 0 Å². The van der Waals surface area contributed by atoms with Gasteiger partial charge in [-0.3, -0.25) is 19.2 Å². The van der Waals surface area contributed by atoms with Crippen LogP contribution in [0.2, 0.25) is 36.3 Å². The summed E-state index contributed by atoms with van der Waals surface area (Å²) in [6.07, 6.45) is 12.7. The highest BCUT2D eigenvalue weighted by Crippen LogP contribution is 2.40. The monoisotopic (exact) mass is 784 g/mol. The fraction of sp³-hybridized carbons (Fsp3) is 0.805. The average Bonchev–Trinajstić information content (AvgIpc) is 2.96. The van der Waals surface area contributed by atoms with Crippen LogP contribution in [0.3, 0.4) is 0 Å². The number of hydrogen-bond acceptors (Lipinski definition) is 9. The molecule has 1 heterocycles. The van der Waals surface area contributed by atoms with Crippen LogP contribution in [-0.2, 0) is 32.8 Å². The zero-order valence-electron chi connectivity index (χ0n) is 36.3. The van der Waals surface area contributed by atoms with Gasteiger partial charge in [0, 0.05) is 36.8 Å². The van der Waals surface area contributed by atoms with Crippen LogP contribution in [0.25, 0.3) is 0 Å². The summed E-state index contributed by atoms with van der Waals surface area (Å²) >= 11 is 0. The number of hydroxylamine groups is 2. The Balaban J connectivity index is 0.00000112. The van der Waals surface area contributed by atoms with Gasteiger partial charge in [-0.15, -0.1) is 0 Å². The minimum absolute atomic E-state index is 0.00404. The topological polar surface area (TPSA) is 140 Å². The van der Waals surface area contributed by atoms with E-state index in [4.69, 9.17) is 18.7 Å². The van der Waals surface area contributed by atoms with E-state index < -0.39 is 33.7 Å². The number of hydrogen-bond donors (Lipinski definition) is 2. The largest absolute Gasteiger partial charge is 0.481 e. The van der Waals surface area contributed by atoms with Crippen LogP contribution in [0.4, 0.5) is 0 Å². The molecule has 0 aromatic rings. The molecule has 1 fully saturated rings. The number of ether oxygens (including phenoxy) is 1. The van der Waals surface area contributed by atoms with Gasteiger partial charge in [0.25, 0.3) is 0 Å². The fourth-order valence-electron chi connectivity index (χ4n) is 5.73. The molecule has 0 bridgehead atoms. The summed E-state index contributed by atoms with van der Waals surface area (Å²) in [5.74, 6) is -0.938. The molecule has 0 radical (unpaired) electrons. The SMILES string of the molecule is CC(=O)/C=C/C(CCCCC(=O)O)O[Si](C)(C)C(C)(C)C.CC(=O)/C=C/C(CCCCC(=O)OC1CC(C)(C)N(O)C(C)(C)C1)O[Si](C)(C)C(C)(C)C. The number of piperidine rings is 1. The van der Waals surface area contributed by atoms with Crippen molar-refractivity contribution >= 4 is 40.1 Å². The van der Waals surface area contributed by atoms with E-state index in [2.05, 4.69) is 67.7 Å². The number of allylic oxidation sites excluding steroid dienone is 2. The van der Waals surface area contributed by atoms with Crippen LogP contribution >= 0.6 is 0 Å². The maximum atomic E-state index is 12.5. The first kappa shape index (κ1) is 51.0. The Bertz CT molecular complexity index is 1220. The first-order valence-electron chi connectivity index (χ1n) is 19.5. The first-order chi connectivity index (χ1) is 23.8. The number of carboxylic acid groups (broad SMARTS) is 1. The minimum atomic E-state index is -1.96. The van der Waals surface area contributed by atoms with Crippen molar-refractivity contribution in [3.8, 4) is 0 Å². The van der Waals surface area contributed by atoms with E-state index in [1.54, 1.807) is 19.1 Å². The lowest BCUT2D eigenvalue weighted by Crippen LogP contribution is -2.60. The third-order valence-electron chi connectivity index (χ3n) is 10.7. The molecular formula is C41H77NO9Si2. The van der Waals surface area contributed by atoms with E-state index in [0.29, 0.717) is 25.7 Å². The van der Waals surface area contributed by atoms with Gasteiger partial charge in [-0.2, -0.15) is 5.06 Å². The lowest BCUT2D eigenvalue weighted by Gasteiger charge is -2.50. The van der Waals surface area contributed by atoms with Gasteiger partial charge in [-0.25, -0.2) is 0 Å². The third-order valence-corrected chi connectivity index (χ3v) is 19.8. The number of rotatable bonds is 19. The molecule has 10 nitrogen and oxygen atoms in total. The Morgan fingerprint density at radius 1 is 0.717 bits per heavy atom. The number of aliphatic carboxylic acids is 1. The van der Waals surface area contributed by atoms with Gasteiger partial charge < -0.3 is 23.9 Å². The highest BCUT2D eigenvalue weighted by molar-refractivity contribution is 6.74. The van der Waals surface area contributed by atoms with Crippen LogP contribution in [0.15, 0.2) is 24.3 Å². The van der Waals surface area contributed by atoms with Gasteiger partial charge >= 0.3 is 11.9 Å². The number of carbonyl (C=O) groups is 4. The summed E-state index contributed by atoms with van der Waals surface area (Å²) in [5.41, 5.74) is -0.881. The summed E-state index contributed by atoms with van der Waals surface area (Å²) in [7, 11) is -3.86. The van der Waals surface area contributed by atoms with Crippen LogP contribution in [0.5, 0.6) is 0 Å². The van der Waals surface area contributed by atoms with Crippen molar-refractivity contribution in [1.29, 1.82) is 0 Å². The Hall–Kier alpha value is -1.97. The van der Waals surface area contributed by atoms with Crippen molar-refractivity contribution in [2.24, 2.45) is 0 Å². The predicted molar refractivity (Wildman–Crippen MR) is 219 cm³/mol. The molecule has 1 rings (SSSR count). The van der Waals surface area contributed by atoms with Gasteiger partial charge in [0.15, 0.2) is 28.2 Å². The second kappa shape index (κ2) is 21.4. The molecule has 1 aliphatic heterocycles. The van der Waals surface area contributed by atoms with Gasteiger partial charge in [-0.1, -0.05) is 66.5 Å². The maximum Gasteiger partial charge on any atom is 0.306 e. The van der Waals surface area contributed by atoms with E-state index >= 15 is 0 Å². The molecule has 0 aromatic carbocycles. The summed E-state index contributed by atoms with van der Waals surface area (Å²) < 4.78 is 18.6. The molecule has 53 heavy (non-hydrogen) atoms. The van der Waals surface area contributed by atoms with Gasteiger partial charge in [0.2, 0.25) is 0 Å². The number of esters is 1. The second-order valence-electron chi connectivity index (χ2n) is 19.1. The van der Waals surface area contributed by atoms with Crippen molar-refractivity contribution in [1.82, 2.24) is 5.06 Å². The van der Waals surface area contributed by atoms with Gasteiger partial charge in [-0.05, 0) is 116 Å². The Morgan fingerprint density at radius 2 is 1.08 bits per heavy atom. The molecule has 1 aliphatic rings. The molecule has 0 aromatic heterocycles. The fourth-order valence-corrected chi connectivity index (χ4v) is 8.34. The minimum Gasteiger partial charge on any atom is -0.481 e. The van der Waals surface area contributed by atoms with Crippen molar-refractivity contribution < 1.29 is 43.1 Å². The molecule has 12 heteroatoms. The van der Waals surface area contributed by atoms with Crippen molar-refractivity contribution in [3.05, 3.63) is 24.3 Å². The molecule has 0 amide bonds. The Labute approximate surface area is 324 Å². The van der Waals surface area contributed by atoms with Crippen LogP contribution < -0.4 is 0 Å². The quantitative estimate of drug-likeness (QED) is 0.0563. The van der Waals surface area contributed by atoms with E-state index in [9.17, 15) is 24.4 Å². The number of nitrogens with zero attached hydrogens (tertiary/aromatic N) is 1. The zero-order chi connectivity index (χ0) is 41.6. The summed E-state index contributed by atoms with van der Waals surface area (Å²) in [6.45, 7) is 32.8. The third kappa shape index (κ3) is 20.0. The Kier molecular flexibility index (Phi) is 20.6. The number of ketones is 2. The van der Waals surface area contributed by atoms with Crippen molar-refractivity contribution in [3.63, 3.8) is 0 Å². The zero-order valence-corrected chi connectivity index (χ0v) is 38.3. The summed E-state index contributed by atoms with van der Waals surface area (Å²) in [6, 6.07) is 0. The molecule has 1 saturated heterocycles. The Morgan fingerprint density at radius 3 is 1.40 bits per heavy atom. The standard InChI is InChI=1S/C25H47NO5Si.C16H30O4Si/c1-19(27)15-16-20(31-32(9,10)23(2,3)4)13-11-12-14-22(28)30-21-17-24(5,6)26(29)25(7,8)18-21;1-13(17)11-12-14(9-7-8-10-15(18)19)20-21(5,6)16(2,3)4/h15-16,20-21,29H,11-14,17-18H2,1-10H3;11-12,14H,7-10H2,1-6H3,(H,18,19)/b16-15+;12-11+. The first-order valence-corrected chi connectivity index (χ1v) is 25.3. The molecule has 0 spiro atoms. The molecule has 2 unspecified atom stereocenters. The van der Waals surface area contributed by atoms with Crippen LogP contribution in [-0.4, -0.2) is 84.9 Å². The smallest absolute Gasteiger partial charge is 0.306 e. The van der Waals surface area contributed by atoms with E-state index in [1.807, 2.05) is 39.8 Å². The highest BCUT2D eigenvalue weighted by atomic mass is 28.4. The molecule has 2 atom stereocenters. The van der Waals surface area contributed by atoms with Gasteiger partial charge in [0.1, 0.15) is 6.10 Å². The number of unbranched alkanes of at least 4 members (excludes halogenated alkanes) is 2. The second-order valence-corrected chi connectivity index (χ2v) is 28.6. The molecule has 2 N–H and O–H groups in total. The predicted octanol–water partition coefficient (Wildman–Crippen LogP) is 10.2. The van der Waals surface area contributed by atoms with E-state index in [-0.39, 0.29) is 52.3 Å². The van der Waals surface area contributed by atoms with E-state index in [0.717, 1.165) is 32.1 Å².